The summed E-state index contributed by atoms with van der Waals surface area (Å²) < 4.78 is 0. The van der Waals surface area contributed by atoms with E-state index in [0.717, 1.165) is 38.5 Å². The van der Waals surface area contributed by atoms with Gasteiger partial charge in [-0.05, 0) is 166 Å². The van der Waals surface area contributed by atoms with Crippen LogP contribution in [0.3, 0.4) is 0 Å². The predicted molar refractivity (Wildman–Crippen MR) is 465 cm³/mol. The van der Waals surface area contributed by atoms with Crippen molar-refractivity contribution in [1.82, 2.24) is 31.9 Å². The van der Waals surface area contributed by atoms with Gasteiger partial charge in [0.25, 0.3) is 0 Å². The zero-order valence-electron chi connectivity index (χ0n) is 69.7. The molecular formula is C66H144BN33O24. The minimum atomic E-state index is -1.11. The topological polar surface area (TPSA) is 1200 Å². The smallest absolute Gasteiger partial charge is 0.391 e. The number of hydrogen-bond donors (Lipinski definition) is 45. The van der Waals surface area contributed by atoms with Gasteiger partial charge in [-0.25, -0.2) is 4.79 Å². The fourth-order valence-corrected chi connectivity index (χ4v) is 7.15. The highest BCUT2D eigenvalue weighted by Crippen LogP contribution is 2.09. The summed E-state index contributed by atoms with van der Waals surface area (Å²) in [5.74, 6) is -12.1. The largest absolute Gasteiger partial charge is 0.480 e. The van der Waals surface area contributed by atoms with Gasteiger partial charge < -0.3 is 213 Å². The van der Waals surface area contributed by atoms with E-state index in [1.54, 1.807) is 12.1 Å². The second-order valence-electron chi connectivity index (χ2n) is 25.4. The number of nitrogens with two attached hydrogens (primary N) is 20. The maximum Gasteiger partial charge on any atom is 0.391 e. The Hall–Kier alpha value is -12.2. The minimum absolute atomic E-state index is 0.0213. The Morgan fingerprint density at radius 3 is 0.565 bits per heavy atom. The van der Waals surface area contributed by atoms with Gasteiger partial charge in [0.05, 0.1) is 5.56 Å². The fourth-order valence-electron chi connectivity index (χ4n) is 7.15. The lowest BCUT2D eigenvalue weighted by molar-refractivity contribution is -0.139. The lowest BCUT2D eigenvalue weighted by atomic mass is 10.1. The lowest BCUT2D eigenvalue weighted by Gasteiger charge is -2.06. The van der Waals surface area contributed by atoms with E-state index in [0.29, 0.717) is 161 Å². The van der Waals surface area contributed by atoms with Crippen molar-refractivity contribution in [2.75, 3.05) is 64.1 Å². The van der Waals surface area contributed by atoms with Crippen LogP contribution in [-0.2, 0) is 52.7 Å². The number of carboxylic acid groups (broad SMARTS) is 11. The van der Waals surface area contributed by atoms with Gasteiger partial charge in [-0.15, -0.1) is 0 Å². The number of amides is 1. The zero-order valence-corrected chi connectivity index (χ0v) is 69.7. The molecule has 0 unspecified atom stereocenters. The Bertz CT molecular complexity index is 2780. The maximum atomic E-state index is 10.4. The molecule has 1 aromatic carbocycles. The number of unbranched alkanes of at least 4 members (excludes halogenated alkanes) is 3. The van der Waals surface area contributed by atoms with E-state index in [4.69, 9.17) is 208 Å². The van der Waals surface area contributed by atoms with Crippen LogP contribution in [0.5, 0.6) is 0 Å². The maximum absolute atomic E-state index is 10.4. The quantitative estimate of drug-likeness (QED) is 0.0125. The molecule has 1 amide bonds. The van der Waals surface area contributed by atoms with Crippen LogP contribution in [0.1, 0.15) is 158 Å². The molecule has 0 radical (unpaired) electrons. The minimum Gasteiger partial charge on any atom is -0.480 e. The Balaban J connectivity index is -0.000000144. The first-order valence-electron chi connectivity index (χ1n) is 37.9. The summed E-state index contributed by atoms with van der Waals surface area (Å²) in [5, 5.41) is 159. The van der Waals surface area contributed by atoms with Crippen LogP contribution in [0.4, 0.5) is 5.69 Å². The van der Waals surface area contributed by atoms with E-state index in [1.807, 2.05) is 0 Å². The van der Waals surface area contributed by atoms with Crippen LogP contribution in [0, 0.1) is 32.5 Å². The van der Waals surface area contributed by atoms with E-state index >= 15 is 0 Å². The summed E-state index contributed by atoms with van der Waals surface area (Å²) in [7, 11) is -0.160. The lowest BCUT2D eigenvalue weighted by Crippen LogP contribution is -2.34. The summed E-state index contributed by atoms with van der Waals surface area (Å²) >= 11 is 0. The number of carbonyl (C=O) groups is 12. The Morgan fingerprint density at radius 1 is 0.274 bits per heavy atom. The van der Waals surface area contributed by atoms with Crippen LogP contribution < -0.4 is 152 Å². The molecule has 1 aromatic rings. The third-order valence-corrected chi connectivity index (χ3v) is 14.2. The second-order valence-corrected chi connectivity index (χ2v) is 25.4. The number of aliphatic carboxylic acids is 10. The molecule has 0 bridgehead atoms. The van der Waals surface area contributed by atoms with Gasteiger partial charge in [0.15, 0.2) is 35.8 Å². The highest BCUT2D eigenvalue weighted by atomic mass is 16.4. The van der Waals surface area contributed by atoms with Crippen molar-refractivity contribution >= 4 is 121 Å². The number of hydrogen-bond acceptors (Lipinski definition) is 33. The molecule has 0 aliphatic heterocycles. The van der Waals surface area contributed by atoms with Crippen LogP contribution in [0.15, 0.2) is 24.3 Å². The number of benzene rings is 1. The van der Waals surface area contributed by atoms with Crippen molar-refractivity contribution in [2.24, 2.45) is 115 Å². The molecule has 10 atom stereocenters. The monoisotopic (exact) mass is 1790 g/mol. The molecule has 0 aromatic heterocycles. The number of anilines is 1. The Kier molecular flexibility index (Phi) is 96.1. The van der Waals surface area contributed by atoms with Crippen molar-refractivity contribution in [3.8, 4) is 0 Å². The number of rotatable bonds is 52. The van der Waals surface area contributed by atoms with Crippen LogP contribution in [-0.4, -0.2) is 295 Å². The number of guanidine groups is 6. The summed E-state index contributed by atoms with van der Waals surface area (Å²) in [6, 6.07) is -1.91. The normalized spacial score (nSPS) is 12.0. The summed E-state index contributed by atoms with van der Waals surface area (Å²) in [6.45, 7) is 4.71. The van der Waals surface area contributed by atoms with Gasteiger partial charge in [-0.3, -0.25) is 85.2 Å². The fraction of sp³-hybridized carbons (Fsp3) is 0.636. The summed E-state index contributed by atoms with van der Waals surface area (Å²) in [5.41, 5.74) is 103. The number of carbonyl (C=O) groups excluding carboxylic acids is 1. The predicted octanol–water partition coefficient (Wildman–Crippen LogP) is -10.7. The van der Waals surface area contributed by atoms with Crippen molar-refractivity contribution in [3.05, 3.63) is 29.8 Å². The molecule has 1 rings (SSSR count). The molecule has 0 saturated carbocycles. The van der Waals surface area contributed by atoms with E-state index in [1.165, 1.54) is 12.1 Å². The first-order chi connectivity index (χ1) is 57.5. The van der Waals surface area contributed by atoms with Crippen LogP contribution in [0.2, 0.25) is 0 Å². The average molecular weight is 1790 g/mol. The summed E-state index contributed by atoms with van der Waals surface area (Å²) in [4.78, 5) is 122. The molecule has 0 aliphatic carbocycles. The summed E-state index contributed by atoms with van der Waals surface area (Å²) in [6.07, 6.45) is 12.5. The third-order valence-electron chi connectivity index (χ3n) is 14.2. The first kappa shape index (κ1) is 132. The standard InChI is InChI=1S/C7H8BNO3.6C6H14N4O2.3C6H14N2O2.C5H10N2O3/c10-7(11)5-1-3-6(4-2-5)9-8-12;6*7-4(5(11)12)2-1-3-10-6(8)9;3*7-4-2-1-3-5(8)6(9)10;6-3(5(9)10)1-2-4(7)8/h1-4,8-9,12H,(H,10,11);6*4H,1-3,7H2,(H,11,12)(H4,8,9,10);3*5H,1-4,7-8H2,(H,9,10);3H,1-2,6H2,(H2,7,8)(H,9,10)/t;6*4-;3*5-;3-/m.0000000000/s1. The number of carboxylic acids is 11. The van der Waals surface area contributed by atoms with E-state index in [2.05, 4.69) is 37.1 Å². The number of aromatic carboxylic acids is 1. The van der Waals surface area contributed by atoms with E-state index < -0.39 is 132 Å². The molecule has 0 saturated heterocycles. The SMILES string of the molecule is N=C(N)NCCC[C@H](N)C(=O)O.N=C(N)NCCC[C@H](N)C(=O)O.N=C(N)NCCC[C@H](N)C(=O)O.N=C(N)NCCC[C@H](N)C(=O)O.N=C(N)NCCC[C@H](N)C(=O)O.N=C(N)NCCC[C@H](N)C(=O)O.NC(=O)CC[C@H](N)C(=O)O.NCCCC[C@H](N)C(=O)O.NCCCC[C@H](N)C(=O)O.NCCCC[C@H](N)C(=O)O.O=C(O)c1ccc(NBO)cc1. The molecule has 0 fully saturated rings. The van der Waals surface area contributed by atoms with E-state index in [9.17, 15) is 57.5 Å². The molecule has 0 spiro atoms. The van der Waals surface area contributed by atoms with Crippen molar-refractivity contribution in [2.45, 2.75) is 208 Å². The molecule has 0 heterocycles. The van der Waals surface area contributed by atoms with Crippen molar-refractivity contribution in [1.29, 1.82) is 32.5 Å². The molecule has 65 N–H and O–H groups in total. The molecule has 57 nitrogen and oxygen atoms in total. The van der Waals surface area contributed by atoms with Gasteiger partial charge in [0.2, 0.25) is 5.91 Å². The van der Waals surface area contributed by atoms with Crippen molar-refractivity contribution < 1.29 is 119 Å². The Labute approximate surface area is 718 Å². The van der Waals surface area contributed by atoms with Crippen LogP contribution >= 0.6 is 0 Å². The average Bonchev–Trinajstić information content (AvgIpc) is 0.899. The molecule has 0 aliphatic rings. The molecule has 720 valence electrons. The number of nitrogens with one attached hydrogen (secondary N) is 13. The number of primary amides is 1. The van der Waals surface area contributed by atoms with E-state index in [-0.39, 0.29) is 61.8 Å². The Morgan fingerprint density at radius 2 is 0.435 bits per heavy atom. The zero-order chi connectivity index (χ0) is 98.4. The molecule has 124 heavy (non-hydrogen) atoms. The first-order valence-corrected chi connectivity index (χ1v) is 37.9. The molecule has 58 heteroatoms. The van der Waals surface area contributed by atoms with Crippen LogP contribution in [0.25, 0.3) is 0 Å². The van der Waals surface area contributed by atoms with Gasteiger partial charge in [-0.1, -0.05) is 19.3 Å². The van der Waals surface area contributed by atoms with Gasteiger partial charge >= 0.3 is 73.3 Å². The second kappa shape index (κ2) is 90.0. The van der Waals surface area contributed by atoms with Crippen molar-refractivity contribution in [3.63, 3.8) is 0 Å². The van der Waals surface area contributed by atoms with Gasteiger partial charge in [0, 0.05) is 51.4 Å². The third kappa shape index (κ3) is 114. The molecular weight excluding hydrogens is 1650 g/mol. The van der Waals surface area contributed by atoms with Gasteiger partial charge in [0.1, 0.15) is 60.4 Å². The highest BCUT2D eigenvalue weighted by Gasteiger charge is 2.17. The van der Waals surface area contributed by atoms with Gasteiger partial charge in [-0.2, -0.15) is 0 Å². The highest BCUT2D eigenvalue weighted by molar-refractivity contribution is 6.30.